The van der Waals surface area contributed by atoms with Gasteiger partial charge in [0.2, 0.25) is 17.7 Å². The molecule has 1 aromatic rings. The highest BCUT2D eigenvalue weighted by atomic mass is 16.4. The van der Waals surface area contributed by atoms with Crippen LogP contribution in [0.4, 0.5) is 0 Å². The predicted molar refractivity (Wildman–Crippen MR) is 130 cm³/mol. The van der Waals surface area contributed by atoms with Gasteiger partial charge >= 0.3 is 17.9 Å². The van der Waals surface area contributed by atoms with E-state index < -0.39 is 72.1 Å². The molecule has 0 saturated heterocycles. The number of hydrogen-bond acceptors (Lipinski definition) is 7. The fourth-order valence-corrected chi connectivity index (χ4v) is 3.32. The number of aliphatic carboxylic acids is 3. The van der Waals surface area contributed by atoms with Crippen LogP contribution in [0.3, 0.4) is 0 Å². The average molecular weight is 523 g/mol. The second kappa shape index (κ2) is 15.2. The van der Waals surface area contributed by atoms with E-state index >= 15 is 0 Å². The number of nitrogens with one attached hydrogen (secondary N) is 3. The van der Waals surface area contributed by atoms with Crippen molar-refractivity contribution in [2.45, 2.75) is 70.1 Å². The first-order chi connectivity index (χ1) is 17.3. The molecule has 1 aromatic carbocycles. The van der Waals surface area contributed by atoms with E-state index in [1.165, 1.54) is 0 Å². The molecule has 0 fully saturated rings. The molecule has 4 atom stereocenters. The lowest BCUT2D eigenvalue weighted by atomic mass is 10.00. The molecule has 0 saturated carbocycles. The van der Waals surface area contributed by atoms with Gasteiger partial charge in [-0.25, -0.2) is 4.79 Å². The van der Waals surface area contributed by atoms with Crippen LogP contribution in [0.2, 0.25) is 0 Å². The van der Waals surface area contributed by atoms with Gasteiger partial charge in [0, 0.05) is 19.3 Å². The summed E-state index contributed by atoms with van der Waals surface area (Å²) >= 11 is 0. The molecule has 4 unspecified atom stereocenters. The molecule has 0 aliphatic rings. The van der Waals surface area contributed by atoms with E-state index in [4.69, 9.17) is 15.9 Å². The van der Waals surface area contributed by atoms with E-state index in [2.05, 4.69) is 16.0 Å². The van der Waals surface area contributed by atoms with Crippen LogP contribution in [0, 0.1) is 5.92 Å². The molecule has 0 aliphatic heterocycles. The summed E-state index contributed by atoms with van der Waals surface area (Å²) in [5.41, 5.74) is 6.38. The van der Waals surface area contributed by atoms with Crippen molar-refractivity contribution in [1.82, 2.24) is 16.0 Å². The molecule has 8 N–H and O–H groups in total. The summed E-state index contributed by atoms with van der Waals surface area (Å²) < 4.78 is 0. The quantitative estimate of drug-likeness (QED) is 0.147. The van der Waals surface area contributed by atoms with Gasteiger partial charge in [-0.2, -0.15) is 0 Å². The molecular weight excluding hydrogens is 488 g/mol. The van der Waals surface area contributed by atoms with Crippen LogP contribution >= 0.6 is 0 Å². The minimum absolute atomic E-state index is 0.0133. The number of amides is 3. The van der Waals surface area contributed by atoms with Crippen molar-refractivity contribution >= 4 is 35.6 Å². The number of rotatable bonds is 16. The molecule has 3 amide bonds. The van der Waals surface area contributed by atoms with Crippen molar-refractivity contribution in [2.75, 3.05) is 0 Å². The highest BCUT2D eigenvalue weighted by Gasteiger charge is 2.32. The first-order valence-corrected chi connectivity index (χ1v) is 11.7. The van der Waals surface area contributed by atoms with Gasteiger partial charge < -0.3 is 37.0 Å². The Morgan fingerprint density at radius 1 is 0.757 bits per heavy atom. The molecule has 37 heavy (non-hydrogen) atoms. The Balaban J connectivity index is 3.06. The smallest absolute Gasteiger partial charge is 0.326 e. The molecule has 0 aromatic heterocycles. The second-order valence-corrected chi connectivity index (χ2v) is 8.85. The maximum absolute atomic E-state index is 13.1. The third kappa shape index (κ3) is 11.5. The van der Waals surface area contributed by atoms with Crippen LogP contribution in [0.5, 0.6) is 0 Å². The number of benzene rings is 1. The Hall–Kier alpha value is -4.00. The van der Waals surface area contributed by atoms with Gasteiger partial charge in [-0.15, -0.1) is 0 Å². The SMILES string of the molecule is CC(C)C(NC(=O)C(N)CCC(=O)O)C(=O)NC(Cc1ccccc1)C(=O)NC(CCC(=O)O)C(=O)O. The zero-order valence-electron chi connectivity index (χ0n) is 20.7. The van der Waals surface area contributed by atoms with Gasteiger partial charge in [-0.05, 0) is 24.3 Å². The van der Waals surface area contributed by atoms with E-state index in [0.717, 1.165) is 0 Å². The van der Waals surface area contributed by atoms with Gasteiger partial charge in [0.1, 0.15) is 18.1 Å². The molecular formula is C24H34N4O9. The summed E-state index contributed by atoms with van der Waals surface area (Å²) in [6.07, 6.45) is -1.34. The fraction of sp³-hybridized carbons (Fsp3) is 0.500. The van der Waals surface area contributed by atoms with Crippen LogP contribution in [0.25, 0.3) is 0 Å². The summed E-state index contributed by atoms with van der Waals surface area (Å²) in [4.78, 5) is 71.7. The maximum Gasteiger partial charge on any atom is 0.326 e. The van der Waals surface area contributed by atoms with Crippen LogP contribution in [-0.4, -0.2) is 75.1 Å². The largest absolute Gasteiger partial charge is 0.481 e. The Kier molecular flexibility index (Phi) is 12.7. The summed E-state index contributed by atoms with van der Waals surface area (Å²) in [7, 11) is 0. The topological polar surface area (TPSA) is 225 Å². The Morgan fingerprint density at radius 3 is 1.81 bits per heavy atom. The number of carbonyl (C=O) groups is 6. The van der Waals surface area contributed by atoms with Crippen molar-refractivity contribution in [3.8, 4) is 0 Å². The maximum atomic E-state index is 13.1. The third-order valence-electron chi connectivity index (χ3n) is 5.43. The first-order valence-electron chi connectivity index (χ1n) is 11.7. The Labute approximate surface area is 213 Å². The van der Waals surface area contributed by atoms with Crippen LogP contribution in [-0.2, 0) is 35.2 Å². The van der Waals surface area contributed by atoms with Crippen molar-refractivity contribution < 1.29 is 44.1 Å². The van der Waals surface area contributed by atoms with Gasteiger partial charge in [0.25, 0.3) is 0 Å². The monoisotopic (exact) mass is 522 g/mol. The lowest BCUT2D eigenvalue weighted by Crippen LogP contribution is -2.58. The molecule has 13 heteroatoms. The Bertz CT molecular complexity index is 968. The number of carbonyl (C=O) groups excluding carboxylic acids is 3. The lowest BCUT2D eigenvalue weighted by Gasteiger charge is -2.27. The molecule has 0 spiro atoms. The fourth-order valence-electron chi connectivity index (χ4n) is 3.32. The normalized spacial score (nSPS) is 14.1. The molecule has 0 aliphatic carbocycles. The number of carboxylic acid groups (broad SMARTS) is 3. The summed E-state index contributed by atoms with van der Waals surface area (Å²) in [6.45, 7) is 3.29. The minimum atomic E-state index is -1.49. The van der Waals surface area contributed by atoms with Crippen molar-refractivity contribution in [2.24, 2.45) is 11.7 Å². The second-order valence-electron chi connectivity index (χ2n) is 8.85. The van der Waals surface area contributed by atoms with Gasteiger partial charge in [0.05, 0.1) is 6.04 Å². The van der Waals surface area contributed by atoms with Gasteiger partial charge in [-0.3, -0.25) is 24.0 Å². The third-order valence-corrected chi connectivity index (χ3v) is 5.43. The lowest BCUT2D eigenvalue weighted by molar-refractivity contribution is -0.143. The van der Waals surface area contributed by atoms with Crippen LogP contribution in [0.15, 0.2) is 30.3 Å². The van der Waals surface area contributed by atoms with E-state index in [0.29, 0.717) is 5.56 Å². The average Bonchev–Trinajstić information content (AvgIpc) is 2.82. The molecule has 204 valence electrons. The van der Waals surface area contributed by atoms with Crippen molar-refractivity contribution in [3.63, 3.8) is 0 Å². The molecule has 1 rings (SSSR count). The first kappa shape index (κ1) is 31.0. The van der Waals surface area contributed by atoms with Gasteiger partial charge in [-0.1, -0.05) is 44.2 Å². The standard InChI is InChI=1S/C24H34N4O9/c1-13(2)20(28-21(33)15(25)8-10-18(29)30)23(35)27-17(12-14-6-4-3-5-7-14)22(34)26-16(24(36)37)9-11-19(31)32/h3-7,13,15-17,20H,8-12,25H2,1-2H3,(H,26,34)(H,27,35)(H,28,33)(H,29,30)(H,31,32)(H,36,37). The zero-order valence-corrected chi connectivity index (χ0v) is 20.7. The molecule has 0 radical (unpaired) electrons. The summed E-state index contributed by atoms with van der Waals surface area (Å²) in [5.74, 6) is -6.55. The van der Waals surface area contributed by atoms with Crippen LogP contribution < -0.4 is 21.7 Å². The Morgan fingerprint density at radius 2 is 1.30 bits per heavy atom. The van der Waals surface area contributed by atoms with E-state index in [1.54, 1.807) is 44.2 Å². The highest BCUT2D eigenvalue weighted by Crippen LogP contribution is 2.09. The van der Waals surface area contributed by atoms with Crippen LogP contribution in [0.1, 0.15) is 45.1 Å². The van der Waals surface area contributed by atoms with Crippen molar-refractivity contribution in [3.05, 3.63) is 35.9 Å². The van der Waals surface area contributed by atoms with E-state index in [9.17, 15) is 33.9 Å². The van der Waals surface area contributed by atoms with E-state index in [1.807, 2.05) is 0 Å². The minimum Gasteiger partial charge on any atom is -0.481 e. The molecule has 13 nitrogen and oxygen atoms in total. The summed E-state index contributed by atoms with van der Waals surface area (Å²) in [6, 6.07) is 3.55. The molecule has 0 heterocycles. The number of carboxylic acids is 3. The highest BCUT2D eigenvalue weighted by molar-refractivity contribution is 5.94. The van der Waals surface area contributed by atoms with Gasteiger partial charge in [0.15, 0.2) is 0 Å². The summed E-state index contributed by atoms with van der Waals surface area (Å²) in [5, 5.41) is 34.3. The number of nitrogens with two attached hydrogens (primary N) is 1. The zero-order chi connectivity index (χ0) is 28.1. The predicted octanol–water partition coefficient (Wildman–Crippen LogP) is -0.519. The number of hydrogen-bond donors (Lipinski definition) is 7. The van der Waals surface area contributed by atoms with Crippen molar-refractivity contribution in [1.29, 1.82) is 0 Å². The van der Waals surface area contributed by atoms with E-state index in [-0.39, 0.29) is 25.7 Å². The molecule has 0 bridgehead atoms.